The van der Waals surface area contributed by atoms with Gasteiger partial charge in [0.15, 0.2) is 0 Å². The van der Waals surface area contributed by atoms with Crippen molar-refractivity contribution >= 4 is 13.6 Å². The van der Waals surface area contributed by atoms with Crippen molar-refractivity contribution in [3.63, 3.8) is 0 Å². The smallest absolute Gasteiger partial charge is 0.0520 e. The summed E-state index contributed by atoms with van der Waals surface area (Å²) >= 11 is 0. The number of benzene rings is 1. The van der Waals surface area contributed by atoms with E-state index in [-0.39, 0.29) is 7.92 Å². The van der Waals surface area contributed by atoms with Gasteiger partial charge in [0.1, 0.15) is 0 Å². The fourth-order valence-corrected chi connectivity index (χ4v) is 3.51. The average molecular weight is 193 g/mol. The molecular formula is C11H16NP. The second-order valence-electron chi connectivity index (χ2n) is 3.93. The summed E-state index contributed by atoms with van der Waals surface area (Å²) in [5.74, 6) is 1.35. The van der Waals surface area contributed by atoms with Crippen LogP contribution in [0.15, 0.2) is 24.3 Å². The van der Waals surface area contributed by atoms with Gasteiger partial charge < -0.3 is 5.32 Å². The van der Waals surface area contributed by atoms with E-state index in [1.807, 2.05) is 0 Å². The molecule has 0 saturated carbocycles. The summed E-state index contributed by atoms with van der Waals surface area (Å²) in [5, 5.41) is 3.61. The molecule has 1 aliphatic heterocycles. The minimum absolute atomic E-state index is 0.102. The van der Waals surface area contributed by atoms with Gasteiger partial charge in [0, 0.05) is 11.6 Å². The second-order valence-corrected chi connectivity index (χ2v) is 6.41. The molecule has 0 spiro atoms. The van der Waals surface area contributed by atoms with E-state index in [0.717, 1.165) is 0 Å². The third-order valence-electron chi connectivity index (χ3n) is 2.78. The summed E-state index contributed by atoms with van der Waals surface area (Å²) in [7, 11) is 0.102. The predicted octanol–water partition coefficient (Wildman–Crippen LogP) is 3.28. The third-order valence-corrected chi connectivity index (χ3v) is 4.47. The van der Waals surface area contributed by atoms with Gasteiger partial charge in [-0.15, -0.1) is 0 Å². The summed E-state index contributed by atoms with van der Waals surface area (Å²) < 4.78 is 0. The van der Waals surface area contributed by atoms with Crippen LogP contribution in [0.1, 0.15) is 18.4 Å². The molecule has 0 bridgehead atoms. The molecule has 0 amide bonds. The first-order valence-electron chi connectivity index (χ1n) is 4.72. The van der Waals surface area contributed by atoms with Crippen LogP contribution in [0.4, 0.5) is 5.69 Å². The summed E-state index contributed by atoms with van der Waals surface area (Å²) in [6.45, 7) is 7.01. The Morgan fingerprint density at radius 1 is 1.23 bits per heavy atom. The van der Waals surface area contributed by atoms with Crippen molar-refractivity contribution in [1.82, 2.24) is 0 Å². The van der Waals surface area contributed by atoms with Crippen LogP contribution in [0, 0.1) is 0 Å². The molecule has 1 aliphatic rings. The molecule has 2 rings (SSSR count). The molecule has 0 radical (unpaired) electrons. The molecular weight excluding hydrogens is 177 g/mol. The zero-order valence-corrected chi connectivity index (χ0v) is 9.31. The number of anilines is 1. The van der Waals surface area contributed by atoms with Gasteiger partial charge in [-0.3, -0.25) is 0 Å². The minimum Gasteiger partial charge on any atom is -0.378 e. The van der Waals surface area contributed by atoms with E-state index in [1.54, 1.807) is 0 Å². The third kappa shape index (κ3) is 1.46. The molecule has 1 N–H and O–H groups in total. The molecule has 13 heavy (non-hydrogen) atoms. The van der Waals surface area contributed by atoms with E-state index in [2.05, 4.69) is 49.8 Å². The van der Waals surface area contributed by atoms with Gasteiger partial charge in [-0.2, -0.15) is 0 Å². The van der Waals surface area contributed by atoms with E-state index in [4.69, 9.17) is 0 Å². The summed E-state index contributed by atoms with van der Waals surface area (Å²) in [5.41, 5.74) is 2.83. The van der Waals surface area contributed by atoms with Crippen LogP contribution < -0.4 is 5.32 Å². The molecule has 0 fully saturated rings. The van der Waals surface area contributed by atoms with Crippen LogP contribution in [0.25, 0.3) is 0 Å². The lowest BCUT2D eigenvalue weighted by Gasteiger charge is -2.20. The molecule has 0 aliphatic carbocycles. The van der Waals surface area contributed by atoms with E-state index in [1.165, 1.54) is 11.3 Å². The topological polar surface area (TPSA) is 12.0 Å². The fourth-order valence-electron chi connectivity index (χ4n) is 2.06. The molecule has 1 nitrogen and oxygen atoms in total. The Balaban J connectivity index is 2.32. The first-order chi connectivity index (χ1) is 6.20. The summed E-state index contributed by atoms with van der Waals surface area (Å²) in [6, 6.07) is 8.66. The van der Waals surface area contributed by atoms with Crippen molar-refractivity contribution in [2.75, 3.05) is 18.6 Å². The highest BCUT2D eigenvalue weighted by Crippen LogP contribution is 2.47. The van der Waals surface area contributed by atoms with Gasteiger partial charge in [0.25, 0.3) is 0 Å². The van der Waals surface area contributed by atoms with Crippen molar-refractivity contribution < 1.29 is 0 Å². The van der Waals surface area contributed by atoms with Gasteiger partial charge in [-0.1, -0.05) is 33.0 Å². The van der Waals surface area contributed by atoms with Crippen LogP contribution in [0.5, 0.6) is 0 Å². The van der Waals surface area contributed by atoms with Crippen molar-refractivity contribution in [2.24, 2.45) is 0 Å². The first-order valence-corrected chi connectivity index (χ1v) is 7.02. The first kappa shape index (κ1) is 9.02. The Bertz CT molecular complexity index is 309. The zero-order chi connectivity index (χ0) is 9.42. The van der Waals surface area contributed by atoms with Gasteiger partial charge in [-0.05, 0) is 25.0 Å². The van der Waals surface area contributed by atoms with Gasteiger partial charge in [-0.25, -0.2) is 0 Å². The molecule has 1 heterocycles. The van der Waals surface area contributed by atoms with Crippen LogP contribution in [-0.4, -0.2) is 19.1 Å². The van der Waals surface area contributed by atoms with Crippen LogP contribution in [-0.2, 0) is 0 Å². The van der Waals surface area contributed by atoms with Crippen LogP contribution >= 0.6 is 7.92 Å². The van der Waals surface area contributed by atoms with Crippen molar-refractivity contribution in [3.05, 3.63) is 29.8 Å². The Labute approximate surface area is 81.3 Å². The quantitative estimate of drug-likeness (QED) is 0.675. The van der Waals surface area contributed by atoms with Crippen molar-refractivity contribution in [3.8, 4) is 0 Å². The lowest BCUT2D eigenvalue weighted by Crippen LogP contribution is -2.15. The maximum absolute atomic E-state index is 3.61. The van der Waals surface area contributed by atoms with Crippen LogP contribution in [0.2, 0.25) is 0 Å². The highest BCUT2D eigenvalue weighted by Gasteiger charge is 2.29. The molecule has 2 heteroatoms. The Kier molecular flexibility index (Phi) is 2.29. The molecule has 1 aromatic carbocycles. The molecule has 2 unspecified atom stereocenters. The number of hydrogen-bond donors (Lipinski definition) is 1. The molecule has 1 aromatic rings. The monoisotopic (exact) mass is 193 g/mol. The normalized spacial score (nSPS) is 25.8. The predicted molar refractivity (Wildman–Crippen MR) is 61.0 cm³/mol. The molecule has 2 atom stereocenters. The maximum Gasteiger partial charge on any atom is 0.0520 e. The lowest BCUT2D eigenvalue weighted by atomic mass is 10.0. The second kappa shape index (κ2) is 3.31. The highest BCUT2D eigenvalue weighted by atomic mass is 31.1. The standard InChI is InChI=1S/C11H16NP/c1-8-9-6-4-5-7-10(9)12-11(8)13(2)3/h4-8,11-12H,1-3H3. The van der Waals surface area contributed by atoms with E-state index < -0.39 is 0 Å². The summed E-state index contributed by atoms with van der Waals surface area (Å²) in [4.78, 5) is 0. The molecule has 70 valence electrons. The molecule has 0 aromatic heterocycles. The van der Waals surface area contributed by atoms with E-state index in [0.29, 0.717) is 11.7 Å². The number of rotatable bonds is 1. The van der Waals surface area contributed by atoms with Gasteiger partial charge in [0.05, 0.1) is 5.78 Å². The Morgan fingerprint density at radius 3 is 2.54 bits per heavy atom. The lowest BCUT2D eigenvalue weighted by molar-refractivity contribution is 0.801. The highest BCUT2D eigenvalue weighted by molar-refractivity contribution is 7.57. The van der Waals surface area contributed by atoms with E-state index in [9.17, 15) is 0 Å². The Morgan fingerprint density at radius 2 is 1.92 bits per heavy atom. The number of hydrogen-bond acceptors (Lipinski definition) is 1. The van der Waals surface area contributed by atoms with Gasteiger partial charge in [0.2, 0.25) is 0 Å². The van der Waals surface area contributed by atoms with Crippen molar-refractivity contribution in [2.45, 2.75) is 18.6 Å². The number of para-hydroxylation sites is 1. The fraction of sp³-hybridized carbons (Fsp3) is 0.455. The van der Waals surface area contributed by atoms with Crippen molar-refractivity contribution in [1.29, 1.82) is 0 Å². The van der Waals surface area contributed by atoms with Gasteiger partial charge >= 0.3 is 0 Å². The Hall–Kier alpha value is -0.550. The minimum atomic E-state index is 0.102. The van der Waals surface area contributed by atoms with Crippen LogP contribution in [0.3, 0.4) is 0 Å². The number of nitrogens with one attached hydrogen (secondary N) is 1. The maximum atomic E-state index is 3.61. The number of fused-ring (bicyclic) bond motifs is 1. The molecule has 0 saturated heterocycles. The SMILES string of the molecule is CC1c2ccccc2NC1P(C)C. The summed E-state index contributed by atoms with van der Waals surface area (Å²) in [6.07, 6.45) is 0. The zero-order valence-electron chi connectivity index (χ0n) is 8.41. The van der Waals surface area contributed by atoms with E-state index >= 15 is 0 Å². The largest absolute Gasteiger partial charge is 0.378 e. The average Bonchev–Trinajstić information content (AvgIpc) is 2.45.